The van der Waals surface area contributed by atoms with E-state index in [0.717, 1.165) is 31.2 Å². The molecule has 33 heavy (non-hydrogen) atoms. The lowest BCUT2D eigenvalue weighted by molar-refractivity contribution is -0.100. The van der Waals surface area contributed by atoms with Crippen molar-refractivity contribution in [3.05, 3.63) is 0 Å². The Morgan fingerprint density at radius 3 is 1.76 bits per heavy atom. The van der Waals surface area contributed by atoms with Crippen LogP contribution in [0.1, 0.15) is 46.0 Å². The molecule has 2 bridgehead atoms. The molecule has 1 aromatic heterocycles. The van der Waals surface area contributed by atoms with Crippen LogP contribution in [0.15, 0.2) is 0 Å². The van der Waals surface area contributed by atoms with Crippen LogP contribution in [0.5, 0.6) is 0 Å². The zero-order valence-corrected chi connectivity index (χ0v) is 20.2. The van der Waals surface area contributed by atoms with Gasteiger partial charge >= 0.3 is 0 Å². The van der Waals surface area contributed by atoms with Gasteiger partial charge in [0.25, 0.3) is 0 Å². The molecular formula is C23H42N10. The molecule has 9 N–H and O–H groups in total. The Morgan fingerprint density at radius 1 is 0.788 bits per heavy atom. The van der Waals surface area contributed by atoms with Crippen LogP contribution in [0, 0.1) is 23.2 Å². The molecule has 3 aliphatic carbocycles. The first-order valence-electron chi connectivity index (χ1n) is 12.7. The molecule has 184 valence electrons. The Bertz CT molecular complexity index is 780. The highest BCUT2D eigenvalue weighted by atomic mass is 15.4. The smallest absolute Gasteiger partial charge is 0.232 e. The molecule has 0 amide bonds. The fourth-order valence-corrected chi connectivity index (χ4v) is 6.83. The molecule has 2 saturated heterocycles. The summed E-state index contributed by atoms with van der Waals surface area (Å²) in [7, 11) is 0. The largest absolute Gasteiger partial charge is 0.354 e. The average Bonchev–Trinajstić information content (AvgIpc) is 2.76. The van der Waals surface area contributed by atoms with E-state index in [4.69, 9.17) is 37.9 Å². The van der Waals surface area contributed by atoms with Crippen molar-refractivity contribution in [3.63, 3.8) is 0 Å². The van der Waals surface area contributed by atoms with Crippen LogP contribution in [0.25, 0.3) is 0 Å². The van der Waals surface area contributed by atoms with E-state index in [0.29, 0.717) is 55.4 Å². The van der Waals surface area contributed by atoms with Gasteiger partial charge in [0, 0.05) is 56.9 Å². The van der Waals surface area contributed by atoms with E-state index in [9.17, 15) is 0 Å². The van der Waals surface area contributed by atoms with E-state index < -0.39 is 0 Å². The summed E-state index contributed by atoms with van der Waals surface area (Å²) in [6, 6.07) is 0.0490. The van der Waals surface area contributed by atoms with Gasteiger partial charge in [0.05, 0.1) is 0 Å². The fraction of sp³-hybridized carbons (Fsp3) is 0.870. The van der Waals surface area contributed by atoms with Crippen molar-refractivity contribution in [2.75, 3.05) is 47.8 Å². The Morgan fingerprint density at radius 2 is 1.30 bits per heavy atom. The molecule has 2 aliphatic heterocycles. The lowest BCUT2D eigenvalue weighted by Gasteiger charge is -2.60. The highest BCUT2D eigenvalue weighted by Crippen LogP contribution is 2.61. The number of aromatic nitrogens is 3. The van der Waals surface area contributed by atoms with E-state index in [1.165, 1.54) is 19.3 Å². The normalized spacial score (nSPS) is 38.1. The quantitative estimate of drug-likeness (QED) is 0.409. The van der Waals surface area contributed by atoms with Gasteiger partial charge in [0.15, 0.2) is 0 Å². The zero-order chi connectivity index (χ0) is 23.3. The van der Waals surface area contributed by atoms with E-state index in [1.54, 1.807) is 0 Å². The summed E-state index contributed by atoms with van der Waals surface area (Å²) < 4.78 is 0. The van der Waals surface area contributed by atoms with Crippen LogP contribution >= 0.6 is 0 Å². The molecule has 7 atom stereocenters. The molecule has 10 heteroatoms. The highest BCUT2D eigenvalue weighted by molar-refractivity contribution is 5.46. The molecule has 0 aromatic carbocycles. The molecule has 0 unspecified atom stereocenters. The third-order valence-electron chi connectivity index (χ3n) is 8.73. The lowest BCUT2D eigenvalue weighted by Crippen LogP contribution is -2.54. The summed E-state index contributed by atoms with van der Waals surface area (Å²) in [4.78, 5) is 18.6. The van der Waals surface area contributed by atoms with Gasteiger partial charge in [-0.2, -0.15) is 15.0 Å². The van der Waals surface area contributed by atoms with Crippen molar-refractivity contribution >= 4 is 17.8 Å². The van der Waals surface area contributed by atoms with Gasteiger partial charge in [-0.05, 0) is 55.3 Å². The average molecular weight is 459 g/mol. The monoisotopic (exact) mass is 458 g/mol. The van der Waals surface area contributed by atoms with Crippen molar-refractivity contribution < 1.29 is 0 Å². The molecule has 0 radical (unpaired) electrons. The molecule has 1 aromatic rings. The first-order chi connectivity index (χ1) is 15.7. The van der Waals surface area contributed by atoms with Crippen LogP contribution < -0.4 is 38.1 Å². The van der Waals surface area contributed by atoms with Crippen LogP contribution in [-0.2, 0) is 0 Å². The Kier molecular flexibility index (Phi) is 6.13. The number of fused-ring (bicyclic) bond motifs is 2. The summed E-state index contributed by atoms with van der Waals surface area (Å²) >= 11 is 0. The number of piperidine rings is 2. The Balaban J connectivity index is 1.37. The van der Waals surface area contributed by atoms with Crippen LogP contribution in [-0.4, -0.2) is 71.8 Å². The van der Waals surface area contributed by atoms with Gasteiger partial charge in [0.2, 0.25) is 17.8 Å². The van der Waals surface area contributed by atoms with Crippen molar-refractivity contribution in [3.8, 4) is 0 Å². The van der Waals surface area contributed by atoms with Crippen molar-refractivity contribution in [1.82, 2.24) is 15.0 Å². The first kappa shape index (κ1) is 23.0. The second kappa shape index (κ2) is 8.79. The molecule has 3 heterocycles. The number of hydrogen-bond donors (Lipinski definition) is 5. The van der Waals surface area contributed by atoms with E-state index in [2.05, 4.69) is 29.0 Å². The van der Waals surface area contributed by atoms with Crippen molar-refractivity contribution in [1.29, 1.82) is 0 Å². The first-order valence-corrected chi connectivity index (χ1v) is 12.7. The predicted molar refractivity (Wildman–Crippen MR) is 132 cm³/mol. The minimum absolute atomic E-state index is 0.0123. The van der Waals surface area contributed by atoms with Gasteiger partial charge in [0.1, 0.15) is 0 Å². The van der Waals surface area contributed by atoms with Crippen LogP contribution in [0.3, 0.4) is 0 Å². The van der Waals surface area contributed by atoms with E-state index in [-0.39, 0.29) is 24.2 Å². The maximum Gasteiger partial charge on any atom is 0.232 e. The lowest BCUT2D eigenvalue weighted by atomic mass is 9.45. The number of rotatable bonds is 5. The van der Waals surface area contributed by atoms with Crippen molar-refractivity contribution in [2.24, 2.45) is 46.1 Å². The summed E-state index contributed by atoms with van der Waals surface area (Å²) in [6.45, 7) is 8.52. The third kappa shape index (κ3) is 4.62. The third-order valence-corrected chi connectivity index (χ3v) is 8.73. The zero-order valence-electron chi connectivity index (χ0n) is 20.2. The summed E-state index contributed by atoms with van der Waals surface area (Å²) in [5.74, 6) is 4.22. The van der Waals surface area contributed by atoms with Crippen molar-refractivity contribution in [2.45, 2.75) is 70.1 Å². The number of hydrogen-bond acceptors (Lipinski definition) is 10. The summed E-state index contributed by atoms with van der Waals surface area (Å²) in [6.07, 6.45) is 5.60. The number of nitrogens with two attached hydrogens (primary N) is 4. The highest BCUT2D eigenvalue weighted by Gasteiger charge is 2.53. The number of nitrogens with one attached hydrogen (secondary N) is 1. The molecule has 0 spiro atoms. The van der Waals surface area contributed by atoms with E-state index in [1.807, 2.05) is 0 Å². The Labute approximate surface area is 197 Å². The van der Waals surface area contributed by atoms with Gasteiger partial charge in [-0.3, -0.25) is 0 Å². The van der Waals surface area contributed by atoms with Gasteiger partial charge in [-0.25, -0.2) is 0 Å². The SMILES string of the molecule is CC1(C)[C@@H]2CC[C@@H](CNc3nc(N4C[C@H](N)C[C@H](N)C4)nc(N4C[C@H](N)C[C@H](N)C4)n3)[C@@H]1C2. The number of nitrogens with zero attached hydrogens (tertiary/aromatic N) is 5. The maximum atomic E-state index is 6.26. The molecule has 6 rings (SSSR count). The summed E-state index contributed by atoms with van der Waals surface area (Å²) in [5, 5.41) is 3.57. The van der Waals surface area contributed by atoms with Gasteiger partial charge in [-0.15, -0.1) is 0 Å². The minimum Gasteiger partial charge on any atom is -0.354 e. The van der Waals surface area contributed by atoms with E-state index >= 15 is 0 Å². The molecule has 5 fully saturated rings. The number of anilines is 3. The predicted octanol–water partition coefficient (Wildman–Crippen LogP) is 0.0852. The van der Waals surface area contributed by atoms with Crippen LogP contribution in [0.2, 0.25) is 0 Å². The molecule has 10 nitrogen and oxygen atoms in total. The molecule has 3 saturated carbocycles. The Hall–Kier alpha value is -1.75. The van der Waals surface area contributed by atoms with Gasteiger partial charge in [-0.1, -0.05) is 13.8 Å². The topological polar surface area (TPSA) is 161 Å². The standard InChI is InChI=1S/C23H42N10/c1-23(2)14-4-3-13(19(23)5-14)8-28-20-29-21(32-9-15(24)6-16(25)10-32)31-22(30-20)33-11-17(26)7-18(27)12-33/h13-19H,3-12,24-27H2,1-2H3,(H,28,29,30,31)/t13-,14+,15-,16+,17-,18+,19-/m0/s1. The summed E-state index contributed by atoms with van der Waals surface area (Å²) in [5.41, 5.74) is 25.5. The maximum absolute atomic E-state index is 6.26. The second-order valence-electron chi connectivity index (χ2n) is 11.7. The molecule has 5 aliphatic rings. The fourth-order valence-electron chi connectivity index (χ4n) is 6.83. The molecular weight excluding hydrogens is 416 g/mol. The minimum atomic E-state index is 0.0123. The second-order valence-corrected chi connectivity index (χ2v) is 11.7. The van der Waals surface area contributed by atoms with Crippen LogP contribution in [0.4, 0.5) is 17.8 Å². The van der Waals surface area contributed by atoms with Gasteiger partial charge < -0.3 is 38.1 Å².